The molecule has 1 fully saturated rings. The lowest BCUT2D eigenvalue weighted by Crippen LogP contribution is -2.62. The van der Waals surface area contributed by atoms with Gasteiger partial charge in [-0.25, -0.2) is 4.39 Å². The monoisotopic (exact) mass is 430 g/mol. The van der Waals surface area contributed by atoms with E-state index in [1.165, 1.54) is 18.2 Å². The number of likely N-dealkylation sites (tertiary alicyclic amines) is 1. The Morgan fingerprint density at radius 2 is 2.10 bits per heavy atom. The molecule has 0 aliphatic carbocycles. The van der Waals surface area contributed by atoms with Gasteiger partial charge in [-0.1, -0.05) is 23.7 Å². The van der Waals surface area contributed by atoms with E-state index >= 15 is 0 Å². The van der Waals surface area contributed by atoms with Crippen molar-refractivity contribution >= 4 is 34.7 Å². The average Bonchev–Trinajstić information content (AvgIpc) is 2.75. The van der Waals surface area contributed by atoms with Crippen molar-refractivity contribution in [3.8, 4) is 0 Å². The summed E-state index contributed by atoms with van der Waals surface area (Å²) in [5.74, 6) is -0.175. The summed E-state index contributed by atoms with van der Waals surface area (Å²) in [5, 5.41) is 7.37. The first-order chi connectivity index (χ1) is 14.5. The summed E-state index contributed by atoms with van der Waals surface area (Å²) in [6.45, 7) is 1.91. The van der Waals surface area contributed by atoms with Crippen molar-refractivity contribution in [2.75, 3.05) is 44.0 Å². The lowest BCUT2D eigenvalue weighted by molar-refractivity contribution is 0.0689. The number of methoxy groups -OCH3 is 1. The van der Waals surface area contributed by atoms with Crippen LogP contribution >= 0.6 is 11.6 Å². The van der Waals surface area contributed by atoms with Gasteiger partial charge in [-0.15, -0.1) is 0 Å². The number of para-hydroxylation sites is 2. The maximum atomic E-state index is 14.3. The highest BCUT2D eigenvalue weighted by atomic mass is 35.5. The number of hydrogen-bond acceptors (Lipinski definition) is 4. The molecule has 6 nitrogen and oxygen atoms in total. The van der Waals surface area contributed by atoms with Gasteiger partial charge in [0.2, 0.25) is 0 Å². The summed E-state index contributed by atoms with van der Waals surface area (Å²) in [5.41, 5.74) is 1.29. The second-order valence-corrected chi connectivity index (χ2v) is 7.99. The topological polar surface area (TPSA) is 66.0 Å². The minimum atomic E-state index is -0.578. The number of rotatable bonds is 4. The SMILES string of the molecule is COCCN=C1Nc2ccccc2N[C@]12CCCN(C(=O)c1cc(Cl)ccc1F)C2. The van der Waals surface area contributed by atoms with E-state index < -0.39 is 11.4 Å². The van der Waals surface area contributed by atoms with Crippen LogP contribution in [0.4, 0.5) is 15.8 Å². The van der Waals surface area contributed by atoms with Crippen molar-refractivity contribution in [2.24, 2.45) is 4.99 Å². The number of carbonyl (C=O) groups excluding carboxylic acids is 1. The Labute approximate surface area is 180 Å². The number of nitrogens with zero attached hydrogens (tertiary/aromatic N) is 2. The number of aliphatic imine (C=N–C) groups is 1. The largest absolute Gasteiger partial charge is 0.383 e. The summed E-state index contributed by atoms with van der Waals surface area (Å²) in [4.78, 5) is 19.5. The summed E-state index contributed by atoms with van der Waals surface area (Å²) < 4.78 is 19.5. The molecule has 2 aliphatic heterocycles. The molecule has 1 amide bonds. The summed E-state index contributed by atoms with van der Waals surface area (Å²) in [7, 11) is 1.64. The van der Waals surface area contributed by atoms with Gasteiger partial charge < -0.3 is 20.3 Å². The first-order valence-electron chi connectivity index (χ1n) is 9.95. The van der Waals surface area contributed by atoms with Crippen LogP contribution in [0.15, 0.2) is 47.5 Å². The highest BCUT2D eigenvalue weighted by molar-refractivity contribution is 6.31. The second kappa shape index (κ2) is 8.62. The Morgan fingerprint density at radius 3 is 2.90 bits per heavy atom. The number of benzene rings is 2. The van der Waals surface area contributed by atoms with Gasteiger partial charge in [-0.05, 0) is 43.2 Å². The third-order valence-electron chi connectivity index (χ3n) is 5.51. The van der Waals surface area contributed by atoms with Crippen molar-refractivity contribution in [2.45, 2.75) is 18.4 Å². The fourth-order valence-electron chi connectivity index (χ4n) is 4.06. The summed E-state index contributed by atoms with van der Waals surface area (Å²) in [6, 6.07) is 11.9. The smallest absolute Gasteiger partial charge is 0.256 e. The molecule has 1 spiro atoms. The lowest BCUT2D eigenvalue weighted by Gasteiger charge is -2.47. The maximum absolute atomic E-state index is 14.3. The Balaban J connectivity index is 1.66. The van der Waals surface area contributed by atoms with E-state index in [1.807, 2.05) is 24.3 Å². The number of carbonyl (C=O) groups is 1. The van der Waals surface area contributed by atoms with Gasteiger partial charge in [-0.2, -0.15) is 0 Å². The Kier molecular flexibility index (Phi) is 5.92. The number of halogens is 2. The van der Waals surface area contributed by atoms with Crippen LogP contribution in [-0.2, 0) is 4.74 Å². The number of ether oxygens (including phenoxy) is 1. The molecule has 0 bridgehead atoms. The molecule has 0 unspecified atom stereocenters. The number of piperidine rings is 1. The fraction of sp³-hybridized carbons (Fsp3) is 0.364. The van der Waals surface area contributed by atoms with Gasteiger partial charge in [-0.3, -0.25) is 9.79 Å². The number of nitrogens with one attached hydrogen (secondary N) is 2. The van der Waals surface area contributed by atoms with E-state index in [-0.39, 0.29) is 11.5 Å². The third-order valence-corrected chi connectivity index (χ3v) is 5.75. The zero-order chi connectivity index (χ0) is 21.1. The van der Waals surface area contributed by atoms with Crippen molar-refractivity contribution in [1.82, 2.24) is 4.90 Å². The zero-order valence-corrected chi connectivity index (χ0v) is 17.5. The molecule has 8 heteroatoms. The molecule has 2 N–H and O–H groups in total. The summed E-state index contributed by atoms with van der Waals surface area (Å²) in [6.07, 6.45) is 1.55. The van der Waals surface area contributed by atoms with Crippen LogP contribution in [0.5, 0.6) is 0 Å². The van der Waals surface area contributed by atoms with Crippen LogP contribution in [0.3, 0.4) is 0 Å². The standard InChI is InChI=1S/C22H24ClFN4O2/c1-30-12-10-25-21-22(27-19-6-3-2-5-18(19)26-21)9-4-11-28(14-22)20(29)16-13-15(23)7-8-17(16)24/h2-3,5-8,13,27H,4,9-12,14H2,1H3,(H,25,26)/t22-/m0/s1. The molecule has 0 radical (unpaired) electrons. The highest BCUT2D eigenvalue weighted by Gasteiger charge is 2.44. The van der Waals surface area contributed by atoms with Gasteiger partial charge in [0.1, 0.15) is 17.2 Å². The van der Waals surface area contributed by atoms with E-state index in [4.69, 9.17) is 21.3 Å². The van der Waals surface area contributed by atoms with Crippen molar-refractivity contribution in [3.63, 3.8) is 0 Å². The number of hydrogen-bond donors (Lipinski definition) is 2. The molecule has 158 valence electrons. The van der Waals surface area contributed by atoms with Crippen molar-refractivity contribution < 1.29 is 13.9 Å². The Bertz CT molecular complexity index is 983. The summed E-state index contributed by atoms with van der Waals surface area (Å²) >= 11 is 6.00. The first kappa shape index (κ1) is 20.6. The average molecular weight is 431 g/mol. The maximum Gasteiger partial charge on any atom is 0.256 e. The minimum Gasteiger partial charge on any atom is -0.383 e. The fourth-order valence-corrected chi connectivity index (χ4v) is 4.23. The second-order valence-electron chi connectivity index (χ2n) is 7.56. The molecule has 2 aliphatic rings. The predicted molar refractivity (Wildman–Crippen MR) is 117 cm³/mol. The first-order valence-corrected chi connectivity index (χ1v) is 10.3. The molecular weight excluding hydrogens is 407 g/mol. The van der Waals surface area contributed by atoms with Crippen LogP contribution in [0, 0.1) is 5.82 Å². The van der Waals surface area contributed by atoms with Gasteiger partial charge in [0.05, 0.1) is 36.6 Å². The highest BCUT2D eigenvalue weighted by Crippen LogP contribution is 2.36. The molecule has 2 aromatic rings. The van der Waals surface area contributed by atoms with Gasteiger partial charge in [0, 0.05) is 18.7 Å². The number of amidine groups is 1. The van der Waals surface area contributed by atoms with Crippen molar-refractivity contribution in [3.05, 3.63) is 58.9 Å². The van der Waals surface area contributed by atoms with Crippen LogP contribution in [0.1, 0.15) is 23.2 Å². The number of anilines is 2. The van der Waals surface area contributed by atoms with Crippen LogP contribution in [0.2, 0.25) is 5.02 Å². The van der Waals surface area contributed by atoms with Crippen LogP contribution in [-0.4, -0.2) is 55.5 Å². The molecule has 1 atom stereocenters. The quantitative estimate of drug-likeness (QED) is 0.718. The van der Waals surface area contributed by atoms with E-state index in [2.05, 4.69) is 10.6 Å². The molecule has 0 aromatic heterocycles. The Morgan fingerprint density at radius 1 is 1.30 bits per heavy atom. The van der Waals surface area contributed by atoms with E-state index in [1.54, 1.807) is 12.0 Å². The van der Waals surface area contributed by atoms with E-state index in [9.17, 15) is 9.18 Å². The van der Waals surface area contributed by atoms with Crippen molar-refractivity contribution in [1.29, 1.82) is 0 Å². The van der Waals surface area contributed by atoms with Crippen LogP contribution < -0.4 is 10.6 Å². The number of amides is 1. The zero-order valence-electron chi connectivity index (χ0n) is 16.8. The molecule has 2 aromatic carbocycles. The predicted octanol–water partition coefficient (Wildman–Crippen LogP) is 4.04. The van der Waals surface area contributed by atoms with Gasteiger partial charge in [0.25, 0.3) is 5.91 Å². The Hall–Kier alpha value is -2.64. The molecule has 2 heterocycles. The van der Waals surface area contributed by atoms with Gasteiger partial charge >= 0.3 is 0 Å². The van der Waals surface area contributed by atoms with Crippen LogP contribution in [0.25, 0.3) is 0 Å². The van der Waals surface area contributed by atoms with Gasteiger partial charge in [0.15, 0.2) is 0 Å². The minimum absolute atomic E-state index is 0.0124. The molecule has 0 saturated carbocycles. The van der Waals surface area contributed by atoms with E-state index in [0.29, 0.717) is 31.3 Å². The lowest BCUT2D eigenvalue weighted by atomic mass is 9.84. The number of fused-ring (bicyclic) bond motifs is 1. The molecule has 4 rings (SSSR count). The van der Waals surface area contributed by atoms with E-state index in [0.717, 1.165) is 30.1 Å². The third kappa shape index (κ3) is 4.00. The molecule has 1 saturated heterocycles. The normalized spacial score (nSPS) is 21.8. The molecular formula is C22H24ClFN4O2. The molecule has 30 heavy (non-hydrogen) atoms.